The van der Waals surface area contributed by atoms with E-state index in [1.54, 1.807) is 0 Å². The van der Waals surface area contributed by atoms with Gasteiger partial charge in [-0.3, -0.25) is 4.79 Å². The zero-order valence-electron chi connectivity index (χ0n) is 11.8. The number of benzene rings is 1. The van der Waals surface area contributed by atoms with E-state index in [1.165, 1.54) is 18.4 Å². The molecular weight excluding hydrogens is 272 g/mol. The highest BCUT2D eigenvalue weighted by molar-refractivity contribution is 5.85. The van der Waals surface area contributed by atoms with Gasteiger partial charge in [-0.1, -0.05) is 30.3 Å². The van der Waals surface area contributed by atoms with E-state index in [-0.39, 0.29) is 18.3 Å². The summed E-state index contributed by atoms with van der Waals surface area (Å²) in [5.74, 6) is 0.552. The van der Waals surface area contributed by atoms with Crippen LogP contribution in [0.2, 0.25) is 0 Å². The zero-order valence-corrected chi connectivity index (χ0v) is 12.6. The van der Waals surface area contributed by atoms with Crippen molar-refractivity contribution in [2.24, 2.45) is 5.92 Å². The average Bonchev–Trinajstić information content (AvgIpc) is 3.31. The Labute approximate surface area is 127 Å². The molecule has 4 heteroatoms. The number of carbonyl (C=O) groups excluding carboxylic acids is 1. The van der Waals surface area contributed by atoms with Crippen molar-refractivity contribution in [2.45, 2.75) is 38.3 Å². The first-order valence-corrected chi connectivity index (χ1v) is 7.40. The molecule has 3 rings (SSSR count). The molecule has 2 fully saturated rings. The highest BCUT2D eigenvalue weighted by atomic mass is 35.5. The van der Waals surface area contributed by atoms with Crippen LogP contribution in [0, 0.1) is 5.92 Å². The number of rotatable bonds is 4. The van der Waals surface area contributed by atoms with E-state index in [4.69, 9.17) is 0 Å². The van der Waals surface area contributed by atoms with Crippen LogP contribution in [-0.2, 0) is 11.3 Å². The second-order valence-electron chi connectivity index (χ2n) is 5.73. The maximum absolute atomic E-state index is 12.7. The molecule has 3 nitrogen and oxygen atoms in total. The third-order valence-electron chi connectivity index (χ3n) is 4.11. The molecule has 1 aliphatic heterocycles. The molecule has 1 saturated carbocycles. The summed E-state index contributed by atoms with van der Waals surface area (Å²) in [7, 11) is 0. The van der Waals surface area contributed by atoms with Crippen LogP contribution in [0.3, 0.4) is 0 Å². The van der Waals surface area contributed by atoms with Gasteiger partial charge in [-0.15, -0.1) is 12.4 Å². The summed E-state index contributed by atoms with van der Waals surface area (Å²) in [5, 5.41) is 3.35. The number of carbonyl (C=O) groups is 1. The molecule has 1 aromatic carbocycles. The Hall–Kier alpha value is -1.06. The van der Waals surface area contributed by atoms with Crippen molar-refractivity contribution in [1.82, 2.24) is 10.2 Å². The predicted molar refractivity (Wildman–Crippen MR) is 82.9 cm³/mol. The largest absolute Gasteiger partial charge is 0.335 e. The SMILES string of the molecule is Cl.O=C(C1CCCNC1)N(Cc1ccccc1)C1CC1. The first-order chi connectivity index (χ1) is 9.34. The van der Waals surface area contributed by atoms with Crippen LogP contribution in [0.4, 0.5) is 0 Å². The minimum absolute atomic E-state index is 0. The van der Waals surface area contributed by atoms with Crippen LogP contribution in [0.5, 0.6) is 0 Å². The molecule has 1 N–H and O–H groups in total. The van der Waals surface area contributed by atoms with Crippen LogP contribution in [-0.4, -0.2) is 29.9 Å². The minimum atomic E-state index is 0. The third kappa shape index (κ3) is 3.74. The Morgan fingerprint density at radius 2 is 1.95 bits per heavy atom. The lowest BCUT2D eigenvalue weighted by Gasteiger charge is -2.30. The summed E-state index contributed by atoms with van der Waals surface area (Å²) in [6.45, 7) is 2.70. The second kappa shape index (κ2) is 7.09. The van der Waals surface area contributed by atoms with Gasteiger partial charge in [-0.05, 0) is 37.8 Å². The molecule has 1 aliphatic carbocycles. The van der Waals surface area contributed by atoms with Gasteiger partial charge >= 0.3 is 0 Å². The van der Waals surface area contributed by atoms with Gasteiger partial charge in [0.2, 0.25) is 5.91 Å². The summed E-state index contributed by atoms with van der Waals surface area (Å²) in [4.78, 5) is 14.8. The van der Waals surface area contributed by atoms with E-state index in [9.17, 15) is 4.79 Å². The number of halogens is 1. The minimum Gasteiger partial charge on any atom is -0.335 e. The summed E-state index contributed by atoms with van der Waals surface area (Å²) in [5.41, 5.74) is 1.24. The summed E-state index contributed by atoms with van der Waals surface area (Å²) in [6, 6.07) is 10.8. The van der Waals surface area contributed by atoms with E-state index in [0.29, 0.717) is 11.9 Å². The van der Waals surface area contributed by atoms with Gasteiger partial charge in [0.1, 0.15) is 0 Å². The molecule has 110 valence electrons. The molecule has 0 bridgehead atoms. The second-order valence-corrected chi connectivity index (χ2v) is 5.73. The topological polar surface area (TPSA) is 32.3 Å². The van der Waals surface area contributed by atoms with Gasteiger partial charge in [0.25, 0.3) is 0 Å². The van der Waals surface area contributed by atoms with Crippen molar-refractivity contribution < 1.29 is 4.79 Å². The van der Waals surface area contributed by atoms with Gasteiger partial charge in [-0.2, -0.15) is 0 Å². The van der Waals surface area contributed by atoms with Crippen molar-refractivity contribution >= 4 is 18.3 Å². The molecule has 0 aromatic heterocycles. The van der Waals surface area contributed by atoms with Crippen LogP contribution >= 0.6 is 12.4 Å². The summed E-state index contributed by atoms with van der Waals surface area (Å²) >= 11 is 0. The Kier molecular flexibility index (Phi) is 5.44. The number of nitrogens with one attached hydrogen (secondary N) is 1. The summed E-state index contributed by atoms with van der Waals surface area (Å²) < 4.78 is 0. The standard InChI is InChI=1S/C16H22N2O.ClH/c19-16(14-7-4-10-17-11-14)18(15-8-9-15)12-13-5-2-1-3-6-13;/h1-3,5-6,14-15,17H,4,7-12H2;1H. The monoisotopic (exact) mass is 294 g/mol. The van der Waals surface area contributed by atoms with Crippen LogP contribution < -0.4 is 5.32 Å². The van der Waals surface area contributed by atoms with Crippen molar-refractivity contribution in [3.05, 3.63) is 35.9 Å². The zero-order chi connectivity index (χ0) is 13.1. The first kappa shape index (κ1) is 15.3. The summed E-state index contributed by atoms with van der Waals surface area (Å²) in [6.07, 6.45) is 4.53. The van der Waals surface area contributed by atoms with Gasteiger partial charge in [-0.25, -0.2) is 0 Å². The molecule has 0 spiro atoms. The third-order valence-corrected chi connectivity index (χ3v) is 4.11. The number of amides is 1. The Morgan fingerprint density at radius 1 is 1.20 bits per heavy atom. The van der Waals surface area contributed by atoms with Crippen molar-refractivity contribution in [2.75, 3.05) is 13.1 Å². The number of piperidine rings is 1. The molecule has 1 saturated heterocycles. The molecular formula is C16H23ClN2O. The molecule has 1 unspecified atom stereocenters. The highest BCUT2D eigenvalue weighted by Crippen LogP contribution is 2.30. The smallest absolute Gasteiger partial charge is 0.227 e. The van der Waals surface area contributed by atoms with E-state index in [1.807, 2.05) is 18.2 Å². The molecule has 20 heavy (non-hydrogen) atoms. The van der Waals surface area contributed by atoms with E-state index >= 15 is 0 Å². The fraction of sp³-hybridized carbons (Fsp3) is 0.562. The quantitative estimate of drug-likeness (QED) is 0.926. The molecule has 1 aromatic rings. The Bertz CT molecular complexity index is 427. The normalized spacial score (nSPS) is 21.9. The fourth-order valence-electron chi connectivity index (χ4n) is 2.85. The predicted octanol–water partition coefficient (Wildman–Crippen LogP) is 2.60. The maximum atomic E-state index is 12.7. The van der Waals surface area contributed by atoms with Crippen molar-refractivity contribution in [3.8, 4) is 0 Å². The lowest BCUT2D eigenvalue weighted by molar-refractivity contribution is -0.137. The lowest BCUT2D eigenvalue weighted by atomic mass is 9.97. The highest BCUT2D eigenvalue weighted by Gasteiger charge is 2.35. The number of hydrogen-bond donors (Lipinski definition) is 1. The molecule has 0 radical (unpaired) electrons. The van der Waals surface area contributed by atoms with Gasteiger partial charge in [0, 0.05) is 19.1 Å². The fourth-order valence-corrected chi connectivity index (χ4v) is 2.85. The van der Waals surface area contributed by atoms with Crippen LogP contribution in [0.25, 0.3) is 0 Å². The van der Waals surface area contributed by atoms with Crippen molar-refractivity contribution in [1.29, 1.82) is 0 Å². The molecule has 2 aliphatic rings. The molecule has 1 amide bonds. The van der Waals surface area contributed by atoms with Crippen LogP contribution in [0.1, 0.15) is 31.2 Å². The van der Waals surface area contributed by atoms with Gasteiger partial charge in [0.05, 0.1) is 5.92 Å². The van der Waals surface area contributed by atoms with Crippen LogP contribution in [0.15, 0.2) is 30.3 Å². The van der Waals surface area contributed by atoms with Crippen molar-refractivity contribution in [3.63, 3.8) is 0 Å². The van der Waals surface area contributed by atoms with Gasteiger partial charge in [0.15, 0.2) is 0 Å². The van der Waals surface area contributed by atoms with E-state index in [2.05, 4.69) is 22.3 Å². The first-order valence-electron chi connectivity index (χ1n) is 7.40. The number of nitrogens with zero attached hydrogens (tertiary/aromatic N) is 1. The van der Waals surface area contributed by atoms with E-state index < -0.39 is 0 Å². The molecule has 1 heterocycles. The maximum Gasteiger partial charge on any atom is 0.227 e. The molecule has 1 atom stereocenters. The van der Waals surface area contributed by atoms with Gasteiger partial charge < -0.3 is 10.2 Å². The average molecular weight is 295 g/mol. The number of hydrogen-bond acceptors (Lipinski definition) is 2. The lowest BCUT2D eigenvalue weighted by Crippen LogP contribution is -2.43. The Balaban J connectivity index is 0.00000147. The van der Waals surface area contributed by atoms with E-state index in [0.717, 1.165) is 32.5 Å². The Morgan fingerprint density at radius 3 is 2.55 bits per heavy atom.